The van der Waals surface area contributed by atoms with E-state index in [1.165, 1.54) is 16.7 Å². The van der Waals surface area contributed by atoms with Crippen molar-refractivity contribution in [3.63, 3.8) is 0 Å². The van der Waals surface area contributed by atoms with Crippen LogP contribution in [0.15, 0.2) is 17.2 Å². The second-order valence-corrected chi connectivity index (χ2v) is 4.37. The molecule has 1 aromatic carbocycles. The lowest BCUT2D eigenvalue weighted by Crippen LogP contribution is -2.08. The maximum absolute atomic E-state index is 6.17. The van der Waals surface area contributed by atoms with Gasteiger partial charge in [-0.3, -0.25) is 0 Å². The largest absolute Gasteiger partial charge is 0.302 e. The van der Waals surface area contributed by atoms with Crippen molar-refractivity contribution in [2.45, 2.75) is 20.8 Å². The van der Waals surface area contributed by atoms with Gasteiger partial charge in [0.15, 0.2) is 5.17 Å². The van der Waals surface area contributed by atoms with E-state index in [0.29, 0.717) is 5.17 Å². The first-order chi connectivity index (χ1) is 6.91. The summed E-state index contributed by atoms with van der Waals surface area (Å²) in [6.45, 7) is 6.20. The third-order valence-corrected chi connectivity index (χ3v) is 2.44. The Balaban J connectivity index is 3.26. The van der Waals surface area contributed by atoms with Crippen LogP contribution in [0.2, 0.25) is 0 Å². The zero-order valence-corrected chi connectivity index (χ0v) is 10.7. The molecule has 82 valence electrons. The van der Waals surface area contributed by atoms with E-state index >= 15 is 0 Å². The summed E-state index contributed by atoms with van der Waals surface area (Å²) in [7, 11) is 3.72. The molecule has 0 aliphatic rings. The maximum atomic E-state index is 6.17. The number of halogens is 1. The molecule has 0 unspecified atom stereocenters. The van der Waals surface area contributed by atoms with Crippen LogP contribution in [0.4, 0.5) is 0 Å². The summed E-state index contributed by atoms with van der Waals surface area (Å²) < 4.78 is 0. The van der Waals surface area contributed by atoms with Gasteiger partial charge >= 0.3 is 0 Å². The highest BCUT2D eigenvalue weighted by Crippen LogP contribution is 2.19. The highest BCUT2D eigenvalue weighted by Gasteiger charge is 2.08. The van der Waals surface area contributed by atoms with E-state index in [-0.39, 0.29) is 0 Å². The molecule has 0 radical (unpaired) electrons. The summed E-state index contributed by atoms with van der Waals surface area (Å²) in [5, 5.41) is 6.47. The van der Waals surface area contributed by atoms with Gasteiger partial charge in [0, 0.05) is 19.7 Å². The molecular weight excluding hydrogens is 208 g/mol. The summed E-state index contributed by atoms with van der Waals surface area (Å²) in [5.41, 5.74) is 4.63. The molecule has 0 aliphatic heterocycles. The topological polar surface area (TPSA) is 15.6 Å². The molecule has 1 rings (SSSR count). The van der Waals surface area contributed by atoms with Crippen LogP contribution in [0.1, 0.15) is 22.3 Å². The van der Waals surface area contributed by atoms with Gasteiger partial charge in [-0.2, -0.15) is 5.10 Å². The second-order valence-electron chi connectivity index (χ2n) is 4.01. The lowest BCUT2D eigenvalue weighted by molar-refractivity contribution is 0.439. The van der Waals surface area contributed by atoms with Gasteiger partial charge in [0.1, 0.15) is 0 Å². The van der Waals surface area contributed by atoms with Crippen LogP contribution in [0, 0.1) is 20.8 Å². The number of hydrogen-bond acceptors (Lipinski definition) is 2. The van der Waals surface area contributed by atoms with Crippen LogP contribution < -0.4 is 0 Å². The first-order valence-corrected chi connectivity index (χ1v) is 5.29. The van der Waals surface area contributed by atoms with E-state index in [4.69, 9.17) is 11.6 Å². The SMILES string of the molecule is Cc1cc(C)c(/C(Cl)=N/N(C)C)c(C)c1. The van der Waals surface area contributed by atoms with Gasteiger partial charge in [-0.1, -0.05) is 29.3 Å². The molecule has 0 aliphatic carbocycles. The van der Waals surface area contributed by atoms with Gasteiger partial charge in [0.2, 0.25) is 0 Å². The zero-order chi connectivity index (χ0) is 11.6. The maximum Gasteiger partial charge on any atom is 0.156 e. The van der Waals surface area contributed by atoms with Gasteiger partial charge in [-0.05, 0) is 31.9 Å². The van der Waals surface area contributed by atoms with Gasteiger partial charge in [-0.25, -0.2) is 0 Å². The average Bonchev–Trinajstić information content (AvgIpc) is 1.99. The molecule has 3 heteroatoms. The van der Waals surface area contributed by atoms with E-state index in [0.717, 1.165) is 5.56 Å². The second kappa shape index (κ2) is 4.67. The molecule has 0 spiro atoms. The normalized spacial score (nSPS) is 11.7. The molecule has 0 saturated heterocycles. The fourth-order valence-electron chi connectivity index (χ4n) is 1.73. The summed E-state index contributed by atoms with van der Waals surface area (Å²) in [4.78, 5) is 0. The van der Waals surface area contributed by atoms with Crippen LogP contribution in [0.25, 0.3) is 0 Å². The molecule has 0 heterocycles. The van der Waals surface area contributed by atoms with Gasteiger partial charge in [0.25, 0.3) is 0 Å². The van der Waals surface area contributed by atoms with Crippen LogP contribution in [-0.2, 0) is 0 Å². The zero-order valence-electron chi connectivity index (χ0n) is 9.93. The molecule has 0 fully saturated rings. The van der Waals surface area contributed by atoms with Crippen LogP contribution in [-0.4, -0.2) is 24.3 Å². The van der Waals surface area contributed by atoms with Crippen molar-refractivity contribution < 1.29 is 0 Å². The highest BCUT2D eigenvalue weighted by molar-refractivity contribution is 6.69. The standard InChI is InChI=1S/C12H17ClN2/c1-8-6-9(2)11(10(3)7-8)12(13)14-15(4)5/h6-7H,1-5H3/b14-12-. The fourth-order valence-corrected chi connectivity index (χ4v) is 2.18. The Labute approximate surface area is 96.5 Å². The third kappa shape index (κ3) is 2.96. The van der Waals surface area contributed by atoms with Gasteiger partial charge < -0.3 is 5.01 Å². The van der Waals surface area contributed by atoms with Gasteiger partial charge in [-0.15, -0.1) is 0 Å². The molecular formula is C12H17ClN2. The first kappa shape index (κ1) is 12.1. The van der Waals surface area contributed by atoms with Crippen LogP contribution >= 0.6 is 11.6 Å². The quantitative estimate of drug-likeness (QED) is 0.557. The number of rotatable bonds is 2. The Morgan fingerprint density at radius 1 is 1.13 bits per heavy atom. The molecule has 0 saturated carbocycles. The van der Waals surface area contributed by atoms with Crippen molar-refractivity contribution in [3.05, 3.63) is 34.4 Å². The van der Waals surface area contributed by atoms with Crippen molar-refractivity contribution >= 4 is 16.8 Å². The van der Waals surface area contributed by atoms with E-state index < -0.39 is 0 Å². The monoisotopic (exact) mass is 224 g/mol. The molecule has 0 amide bonds. The fraction of sp³-hybridized carbons (Fsp3) is 0.417. The molecule has 0 atom stereocenters. The molecule has 15 heavy (non-hydrogen) atoms. The Bertz CT molecular complexity index is 372. The number of benzene rings is 1. The summed E-state index contributed by atoms with van der Waals surface area (Å²) in [6, 6.07) is 4.24. The first-order valence-electron chi connectivity index (χ1n) is 4.91. The third-order valence-electron chi connectivity index (χ3n) is 2.17. The Kier molecular flexibility index (Phi) is 3.75. The lowest BCUT2D eigenvalue weighted by atomic mass is 10.0. The minimum Gasteiger partial charge on any atom is -0.302 e. The molecule has 0 bridgehead atoms. The van der Waals surface area contributed by atoms with Crippen molar-refractivity contribution in [2.24, 2.45) is 5.10 Å². The van der Waals surface area contributed by atoms with Crippen molar-refractivity contribution in [1.82, 2.24) is 5.01 Å². The van der Waals surface area contributed by atoms with E-state index in [2.05, 4.69) is 38.0 Å². The van der Waals surface area contributed by atoms with Crippen molar-refractivity contribution in [2.75, 3.05) is 14.1 Å². The Morgan fingerprint density at radius 2 is 1.60 bits per heavy atom. The number of hydrogen-bond donors (Lipinski definition) is 0. The molecule has 1 aromatic rings. The average molecular weight is 225 g/mol. The van der Waals surface area contributed by atoms with Crippen molar-refractivity contribution in [3.8, 4) is 0 Å². The summed E-state index contributed by atoms with van der Waals surface area (Å²) >= 11 is 6.17. The lowest BCUT2D eigenvalue weighted by Gasteiger charge is -2.11. The van der Waals surface area contributed by atoms with E-state index in [1.807, 2.05) is 14.1 Å². The van der Waals surface area contributed by atoms with E-state index in [9.17, 15) is 0 Å². The Morgan fingerprint density at radius 3 is 2.00 bits per heavy atom. The summed E-state index contributed by atoms with van der Waals surface area (Å²) in [6.07, 6.45) is 0. The number of nitrogens with zero attached hydrogens (tertiary/aromatic N) is 2. The minimum atomic E-state index is 0.551. The van der Waals surface area contributed by atoms with Crippen LogP contribution in [0.5, 0.6) is 0 Å². The minimum absolute atomic E-state index is 0.551. The van der Waals surface area contributed by atoms with E-state index in [1.54, 1.807) is 5.01 Å². The predicted octanol–water partition coefficient (Wildman–Crippen LogP) is 3.07. The Hall–Kier alpha value is -1.02. The van der Waals surface area contributed by atoms with Crippen molar-refractivity contribution in [1.29, 1.82) is 0 Å². The molecule has 0 aromatic heterocycles. The van der Waals surface area contributed by atoms with Crippen LogP contribution in [0.3, 0.4) is 0 Å². The smallest absolute Gasteiger partial charge is 0.156 e. The number of aryl methyl sites for hydroxylation is 3. The molecule has 2 nitrogen and oxygen atoms in total. The number of hydrazone groups is 1. The van der Waals surface area contributed by atoms with Gasteiger partial charge in [0.05, 0.1) is 0 Å². The predicted molar refractivity (Wildman–Crippen MR) is 66.7 cm³/mol. The summed E-state index contributed by atoms with van der Waals surface area (Å²) in [5.74, 6) is 0. The molecule has 0 N–H and O–H groups in total. The highest BCUT2D eigenvalue weighted by atomic mass is 35.5.